The molecule has 1 aromatic rings. The normalized spacial score (nSPS) is 20.3. The van der Waals surface area contributed by atoms with Crippen LogP contribution >= 0.6 is 0 Å². The van der Waals surface area contributed by atoms with Crippen LogP contribution in [0.15, 0.2) is 12.1 Å². The summed E-state index contributed by atoms with van der Waals surface area (Å²) < 4.78 is 5.87. The van der Waals surface area contributed by atoms with E-state index in [1.807, 2.05) is 0 Å². The Balaban J connectivity index is 2.57. The number of benzene rings is 1. The second kappa shape index (κ2) is 3.19. The second-order valence-electron chi connectivity index (χ2n) is 4.19. The highest BCUT2D eigenvalue weighted by atomic mass is 16.5. The standard InChI is InChI=1S/C12H17NO/c1-8-5-6-9(2)12-11(8)13(4)7-10(3)14-12/h5-6,10H,7H2,1-4H3. The molecule has 1 unspecified atom stereocenters. The van der Waals surface area contributed by atoms with Crippen molar-refractivity contribution in [3.63, 3.8) is 0 Å². The van der Waals surface area contributed by atoms with Crippen molar-refractivity contribution in [3.05, 3.63) is 23.3 Å². The van der Waals surface area contributed by atoms with Crippen molar-refractivity contribution in [2.24, 2.45) is 0 Å². The van der Waals surface area contributed by atoms with E-state index in [1.54, 1.807) is 0 Å². The van der Waals surface area contributed by atoms with E-state index < -0.39 is 0 Å². The fourth-order valence-electron chi connectivity index (χ4n) is 2.11. The number of ether oxygens (including phenoxy) is 1. The highest BCUT2D eigenvalue weighted by molar-refractivity contribution is 5.67. The van der Waals surface area contributed by atoms with Crippen molar-refractivity contribution in [3.8, 4) is 5.75 Å². The van der Waals surface area contributed by atoms with Crippen molar-refractivity contribution in [2.75, 3.05) is 18.5 Å². The highest BCUT2D eigenvalue weighted by Gasteiger charge is 2.23. The molecule has 1 atom stereocenters. The molecular weight excluding hydrogens is 174 g/mol. The van der Waals surface area contributed by atoms with Crippen LogP contribution in [-0.2, 0) is 0 Å². The molecule has 2 nitrogen and oxygen atoms in total. The number of rotatable bonds is 0. The summed E-state index contributed by atoms with van der Waals surface area (Å²) >= 11 is 0. The third kappa shape index (κ3) is 1.35. The van der Waals surface area contributed by atoms with E-state index in [4.69, 9.17) is 4.74 Å². The molecule has 0 amide bonds. The van der Waals surface area contributed by atoms with Crippen LogP contribution in [0.5, 0.6) is 5.75 Å². The molecule has 1 heterocycles. The van der Waals surface area contributed by atoms with Gasteiger partial charge in [0.2, 0.25) is 0 Å². The Bertz CT molecular complexity index is 360. The average molecular weight is 191 g/mol. The zero-order valence-electron chi connectivity index (χ0n) is 9.29. The topological polar surface area (TPSA) is 12.5 Å². The summed E-state index contributed by atoms with van der Waals surface area (Å²) in [6, 6.07) is 4.28. The van der Waals surface area contributed by atoms with Gasteiger partial charge in [0.1, 0.15) is 11.9 Å². The van der Waals surface area contributed by atoms with Crippen molar-refractivity contribution >= 4 is 5.69 Å². The van der Waals surface area contributed by atoms with E-state index in [9.17, 15) is 0 Å². The monoisotopic (exact) mass is 191 g/mol. The molecule has 0 aliphatic carbocycles. The first-order valence-corrected chi connectivity index (χ1v) is 5.07. The van der Waals surface area contributed by atoms with Crippen LogP contribution in [0.25, 0.3) is 0 Å². The van der Waals surface area contributed by atoms with Gasteiger partial charge in [-0.25, -0.2) is 0 Å². The fourth-order valence-corrected chi connectivity index (χ4v) is 2.11. The maximum atomic E-state index is 5.87. The first-order valence-electron chi connectivity index (χ1n) is 5.07. The Hall–Kier alpha value is -1.18. The molecule has 0 aromatic heterocycles. The average Bonchev–Trinajstić information content (AvgIpc) is 2.10. The minimum absolute atomic E-state index is 0.285. The Morgan fingerprint density at radius 2 is 1.93 bits per heavy atom. The van der Waals surface area contributed by atoms with E-state index in [0.717, 1.165) is 12.3 Å². The van der Waals surface area contributed by atoms with Gasteiger partial charge in [-0.05, 0) is 31.9 Å². The zero-order valence-corrected chi connectivity index (χ0v) is 9.29. The van der Waals surface area contributed by atoms with E-state index in [-0.39, 0.29) is 6.10 Å². The van der Waals surface area contributed by atoms with E-state index >= 15 is 0 Å². The number of anilines is 1. The molecular formula is C12H17NO. The Morgan fingerprint density at radius 3 is 2.64 bits per heavy atom. The number of hydrogen-bond donors (Lipinski definition) is 0. The second-order valence-corrected chi connectivity index (χ2v) is 4.19. The van der Waals surface area contributed by atoms with Gasteiger partial charge in [-0.2, -0.15) is 0 Å². The lowest BCUT2D eigenvalue weighted by atomic mass is 10.1. The predicted molar refractivity (Wildman–Crippen MR) is 59.3 cm³/mol. The summed E-state index contributed by atoms with van der Waals surface area (Å²) in [5.74, 6) is 1.06. The molecule has 2 rings (SSSR count). The van der Waals surface area contributed by atoms with E-state index in [2.05, 4.69) is 44.9 Å². The predicted octanol–water partition coefficient (Wildman–Crippen LogP) is 2.52. The molecule has 0 saturated heterocycles. The number of hydrogen-bond acceptors (Lipinski definition) is 2. The van der Waals surface area contributed by atoms with Gasteiger partial charge in [-0.3, -0.25) is 0 Å². The molecule has 1 aliphatic rings. The van der Waals surface area contributed by atoms with Crippen LogP contribution in [-0.4, -0.2) is 19.7 Å². The third-order valence-electron chi connectivity index (χ3n) is 2.76. The highest BCUT2D eigenvalue weighted by Crippen LogP contribution is 2.38. The lowest BCUT2D eigenvalue weighted by Crippen LogP contribution is -2.36. The lowest BCUT2D eigenvalue weighted by Gasteiger charge is -2.34. The van der Waals surface area contributed by atoms with Gasteiger partial charge in [0, 0.05) is 7.05 Å². The fraction of sp³-hybridized carbons (Fsp3) is 0.500. The smallest absolute Gasteiger partial charge is 0.146 e. The SMILES string of the molecule is Cc1ccc(C)c2c1OC(C)CN2C. The van der Waals surface area contributed by atoms with Gasteiger partial charge in [0.25, 0.3) is 0 Å². The molecule has 0 spiro atoms. The van der Waals surface area contributed by atoms with Gasteiger partial charge < -0.3 is 9.64 Å². The molecule has 76 valence electrons. The van der Waals surface area contributed by atoms with Crippen molar-refractivity contribution in [2.45, 2.75) is 26.9 Å². The van der Waals surface area contributed by atoms with Crippen LogP contribution < -0.4 is 9.64 Å². The number of likely N-dealkylation sites (N-methyl/N-ethyl adjacent to an activating group) is 1. The number of aryl methyl sites for hydroxylation is 2. The van der Waals surface area contributed by atoms with Crippen molar-refractivity contribution in [1.82, 2.24) is 0 Å². The molecule has 14 heavy (non-hydrogen) atoms. The van der Waals surface area contributed by atoms with Crippen LogP contribution in [0.4, 0.5) is 5.69 Å². The first kappa shape index (κ1) is 9.38. The van der Waals surface area contributed by atoms with Crippen LogP contribution in [0.1, 0.15) is 18.1 Å². The molecule has 1 aliphatic heterocycles. The summed E-state index contributed by atoms with van der Waals surface area (Å²) in [5, 5.41) is 0. The molecule has 1 aromatic carbocycles. The van der Waals surface area contributed by atoms with Crippen molar-refractivity contribution in [1.29, 1.82) is 0 Å². The van der Waals surface area contributed by atoms with Gasteiger partial charge in [0.05, 0.1) is 12.2 Å². The zero-order chi connectivity index (χ0) is 10.3. The van der Waals surface area contributed by atoms with Crippen molar-refractivity contribution < 1.29 is 4.74 Å². The molecule has 0 fully saturated rings. The maximum Gasteiger partial charge on any atom is 0.146 e. The molecule has 2 heteroatoms. The van der Waals surface area contributed by atoms with E-state index in [1.165, 1.54) is 16.8 Å². The van der Waals surface area contributed by atoms with Gasteiger partial charge >= 0.3 is 0 Å². The maximum absolute atomic E-state index is 5.87. The summed E-state index contributed by atoms with van der Waals surface area (Å²) in [7, 11) is 2.13. The van der Waals surface area contributed by atoms with Crippen LogP contribution in [0, 0.1) is 13.8 Å². The molecule has 0 bridgehead atoms. The quantitative estimate of drug-likeness (QED) is 0.624. The van der Waals surface area contributed by atoms with Crippen LogP contribution in [0.3, 0.4) is 0 Å². The van der Waals surface area contributed by atoms with E-state index in [0.29, 0.717) is 0 Å². The Kier molecular flexibility index (Phi) is 2.14. The molecule has 0 saturated carbocycles. The third-order valence-corrected chi connectivity index (χ3v) is 2.76. The van der Waals surface area contributed by atoms with Gasteiger partial charge in [-0.15, -0.1) is 0 Å². The Morgan fingerprint density at radius 1 is 1.29 bits per heavy atom. The summed E-state index contributed by atoms with van der Waals surface area (Å²) in [6.07, 6.45) is 0.285. The van der Waals surface area contributed by atoms with Gasteiger partial charge in [0.15, 0.2) is 0 Å². The summed E-state index contributed by atoms with van der Waals surface area (Å²) in [4.78, 5) is 2.28. The summed E-state index contributed by atoms with van der Waals surface area (Å²) in [5.41, 5.74) is 3.77. The summed E-state index contributed by atoms with van der Waals surface area (Å²) in [6.45, 7) is 7.32. The number of fused-ring (bicyclic) bond motifs is 1. The van der Waals surface area contributed by atoms with Crippen LogP contribution in [0.2, 0.25) is 0 Å². The largest absolute Gasteiger partial charge is 0.486 e. The Labute approximate surface area is 85.5 Å². The van der Waals surface area contributed by atoms with Gasteiger partial charge in [-0.1, -0.05) is 12.1 Å². The number of nitrogens with zero attached hydrogens (tertiary/aromatic N) is 1. The molecule has 0 N–H and O–H groups in total. The minimum atomic E-state index is 0.285. The molecule has 0 radical (unpaired) electrons. The lowest BCUT2D eigenvalue weighted by molar-refractivity contribution is 0.213. The minimum Gasteiger partial charge on any atom is -0.486 e. The first-order chi connectivity index (χ1) is 6.59.